The van der Waals surface area contributed by atoms with Crippen LogP contribution in [-0.4, -0.2) is 55.4 Å². The lowest BCUT2D eigenvalue weighted by atomic mass is 10.1. The van der Waals surface area contributed by atoms with Crippen molar-refractivity contribution < 1.29 is 17.9 Å². The highest BCUT2D eigenvalue weighted by Gasteiger charge is 2.34. The van der Waals surface area contributed by atoms with Gasteiger partial charge in [0.1, 0.15) is 11.4 Å². The molecule has 1 unspecified atom stereocenters. The van der Waals surface area contributed by atoms with Crippen LogP contribution in [0.5, 0.6) is 5.75 Å². The SMILES string of the molecule is COc1cccc(-c2cc(C(=O)N3CCC(c4ccccc4Cl)S(=O)(=O)CC3)[nH]n2)c1. The zero-order valence-corrected chi connectivity index (χ0v) is 18.5. The quantitative estimate of drug-likeness (QED) is 0.641. The summed E-state index contributed by atoms with van der Waals surface area (Å²) in [5.74, 6) is 0.291. The van der Waals surface area contributed by atoms with Gasteiger partial charge in [0.05, 0.1) is 23.8 Å². The number of nitrogens with zero attached hydrogens (tertiary/aromatic N) is 2. The molecule has 1 aliphatic heterocycles. The fraction of sp³-hybridized carbons (Fsp3) is 0.273. The minimum atomic E-state index is -3.45. The van der Waals surface area contributed by atoms with Crippen LogP contribution >= 0.6 is 11.6 Å². The van der Waals surface area contributed by atoms with E-state index in [-0.39, 0.29) is 24.6 Å². The predicted octanol–water partition coefficient (Wildman–Crippen LogP) is 3.74. The minimum Gasteiger partial charge on any atom is -0.497 e. The van der Waals surface area contributed by atoms with Gasteiger partial charge < -0.3 is 9.64 Å². The molecule has 162 valence electrons. The third kappa shape index (κ3) is 4.45. The molecule has 0 spiro atoms. The maximum Gasteiger partial charge on any atom is 0.271 e. The van der Waals surface area contributed by atoms with E-state index in [1.54, 1.807) is 42.3 Å². The summed E-state index contributed by atoms with van der Waals surface area (Å²) in [7, 11) is -1.86. The van der Waals surface area contributed by atoms with Crippen molar-refractivity contribution in [3.63, 3.8) is 0 Å². The van der Waals surface area contributed by atoms with Gasteiger partial charge in [0.25, 0.3) is 5.91 Å². The zero-order valence-electron chi connectivity index (χ0n) is 16.9. The van der Waals surface area contributed by atoms with E-state index in [0.29, 0.717) is 34.3 Å². The lowest BCUT2D eigenvalue weighted by molar-refractivity contribution is 0.0760. The topological polar surface area (TPSA) is 92.4 Å². The Labute approximate surface area is 185 Å². The van der Waals surface area contributed by atoms with Gasteiger partial charge in [-0.3, -0.25) is 9.89 Å². The van der Waals surface area contributed by atoms with Gasteiger partial charge in [-0.15, -0.1) is 0 Å². The Balaban J connectivity index is 1.54. The monoisotopic (exact) mass is 459 g/mol. The van der Waals surface area contributed by atoms with E-state index in [9.17, 15) is 13.2 Å². The van der Waals surface area contributed by atoms with Crippen molar-refractivity contribution in [2.24, 2.45) is 0 Å². The summed E-state index contributed by atoms with van der Waals surface area (Å²) in [6.07, 6.45) is 0.286. The summed E-state index contributed by atoms with van der Waals surface area (Å²) in [5, 5.41) is 6.71. The summed E-state index contributed by atoms with van der Waals surface area (Å²) >= 11 is 6.25. The van der Waals surface area contributed by atoms with Crippen molar-refractivity contribution >= 4 is 27.3 Å². The second-order valence-corrected chi connectivity index (χ2v) is 10.1. The highest BCUT2D eigenvalue weighted by molar-refractivity contribution is 7.91. The lowest BCUT2D eigenvalue weighted by Crippen LogP contribution is -2.33. The molecule has 31 heavy (non-hydrogen) atoms. The Morgan fingerprint density at radius 1 is 1.16 bits per heavy atom. The maximum absolute atomic E-state index is 13.1. The van der Waals surface area contributed by atoms with Crippen molar-refractivity contribution in [2.45, 2.75) is 11.7 Å². The summed E-state index contributed by atoms with van der Waals surface area (Å²) in [6, 6.07) is 16.0. The van der Waals surface area contributed by atoms with Crippen molar-refractivity contribution in [3.05, 3.63) is 70.9 Å². The molecule has 1 atom stereocenters. The number of sulfone groups is 1. The summed E-state index contributed by atoms with van der Waals surface area (Å²) in [4.78, 5) is 14.6. The van der Waals surface area contributed by atoms with E-state index >= 15 is 0 Å². The third-order valence-electron chi connectivity index (χ3n) is 5.45. The molecule has 1 fully saturated rings. The second-order valence-electron chi connectivity index (χ2n) is 7.36. The van der Waals surface area contributed by atoms with Crippen LogP contribution in [0.15, 0.2) is 54.6 Å². The Kier molecular flexibility index (Phi) is 6.02. The Bertz CT molecular complexity index is 1210. The molecule has 0 aliphatic carbocycles. The Morgan fingerprint density at radius 2 is 1.97 bits per heavy atom. The molecule has 0 saturated carbocycles. The number of methoxy groups -OCH3 is 1. The molecule has 9 heteroatoms. The number of H-pyrrole nitrogens is 1. The number of rotatable bonds is 4. The smallest absolute Gasteiger partial charge is 0.271 e. The first-order valence-corrected chi connectivity index (χ1v) is 11.9. The number of carbonyl (C=O) groups excluding carboxylic acids is 1. The van der Waals surface area contributed by atoms with Gasteiger partial charge in [-0.05, 0) is 36.2 Å². The number of aromatic nitrogens is 2. The van der Waals surface area contributed by atoms with E-state index in [2.05, 4.69) is 10.2 Å². The van der Waals surface area contributed by atoms with E-state index in [4.69, 9.17) is 16.3 Å². The normalized spacial score (nSPS) is 18.4. The highest BCUT2D eigenvalue weighted by atomic mass is 35.5. The van der Waals surface area contributed by atoms with Crippen LogP contribution in [0.25, 0.3) is 11.3 Å². The molecule has 1 N–H and O–H groups in total. The molecule has 1 aromatic heterocycles. The van der Waals surface area contributed by atoms with E-state index in [1.807, 2.05) is 24.3 Å². The lowest BCUT2D eigenvalue weighted by Gasteiger charge is -2.19. The molecule has 1 aliphatic rings. The van der Waals surface area contributed by atoms with Gasteiger partial charge in [-0.1, -0.05) is 41.9 Å². The molecular formula is C22H22ClN3O4S. The predicted molar refractivity (Wildman–Crippen MR) is 119 cm³/mol. The fourth-order valence-electron chi connectivity index (χ4n) is 3.76. The first-order chi connectivity index (χ1) is 14.9. The van der Waals surface area contributed by atoms with Crippen LogP contribution in [0, 0.1) is 0 Å². The van der Waals surface area contributed by atoms with Gasteiger partial charge in [0.15, 0.2) is 9.84 Å². The number of hydrogen-bond acceptors (Lipinski definition) is 5. The van der Waals surface area contributed by atoms with Crippen LogP contribution in [0.1, 0.15) is 27.7 Å². The molecule has 1 amide bonds. The fourth-order valence-corrected chi connectivity index (χ4v) is 5.91. The number of carbonyl (C=O) groups is 1. The van der Waals surface area contributed by atoms with Gasteiger partial charge in [-0.25, -0.2) is 8.42 Å². The molecular weight excluding hydrogens is 438 g/mol. The van der Waals surface area contributed by atoms with Crippen molar-refractivity contribution in [1.82, 2.24) is 15.1 Å². The number of amides is 1. The van der Waals surface area contributed by atoms with Crippen LogP contribution in [-0.2, 0) is 9.84 Å². The van der Waals surface area contributed by atoms with Gasteiger partial charge >= 0.3 is 0 Å². The summed E-state index contributed by atoms with van der Waals surface area (Å²) < 4.78 is 31.0. The largest absolute Gasteiger partial charge is 0.497 e. The molecule has 0 bridgehead atoms. The average molecular weight is 460 g/mol. The van der Waals surface area contributed by atoms with Crippen LogP contribution in [0.2, 0.25) is 5.02 Å². The van der Waals surface area contributed by atoms with Crippen LogP contribution in [0.3, 0.4) is 0 Å². The molecule has 2 heterocycles. The molecule has 7 nitrogen and oxygen atoms in total. The highest BCUT2D eigenvalue weighted by Crippen LogP contribution is 2.34. The van der Waals surface area contributed by atoms with Crippen molar-refractivity contribution in [3.8, 4) is 17.0 Å². The van der Waals surface area contributed by atoms with Gasteiger partial charge in [-0.2, -0.15) is 5.10 Å². The minimum absolute atomic E-state index is 0.120. The number of aromatic amines is 1. The van der Waals surface area contributed by atoms with Crippen LogP contribution < -0.4 is 4.74 Å². The first-order valence-electron chi connectivity index (χ1n) is 9.84. The van der Waals surface area contributed by atoms with Gasteiger partial charge in [0.2, 0.25) is 0 Å². The second kappa shape index (κ2) is 8.72. The molecule has 2 aromatic carbocycles. The van der Waals surface area contributed by atoms with Crippen LogP contribution in [0.4, 0.5) is 0 Å². The zero-order chi connectivity index (χ0) is 22.0. The number of benzene rings is 2. The summed E-state index contributed by atoms with van der Waals surface area (Å²) in [6.45, 7) is 0.428. The van der Waals surface area contributed by atoms with Crippen molar-refractivity contribution in [2.75, 3.05) is 26.0 Å². The number of nitrogens with one attached hydrogen (secondary N) is 1. The van der Waals surface area contributed by atoms with Crippen molar-refractivity contribution in [1.29, 1.82) is 0 Å². The first kappa shape index (κ1) is 21.4. The maximum atomic E-state index is 13.1. The molecule has 3 aromatic rings. The molecule has 4 rings (SSSR count). The van der Waals surface area contributed by atoms with E-state index in [1.165, 1.54) is 0 Å². The van der Waals surface area contributed by atoms with E-state index < -0.39 is 15.1 Å². The number of halogens is 1. The summed E-state index contributed by atoms with van der Waals surface area (Å²) in [5.41, 5.74) is 2.32. The average Bonchev–Trinajstić information content (AvgIpc) is 3.21. The number of ether oxygens (including phenoxy) is 1. The standard InChI is InChI=1S/C22H22ClN3O4S/c1-30-16-6-4-5-15(13-16)19-14-20(25-24-19)22(27)26-10-9-21(31(28,29)12-11-26)17-7-2-3-8-18(17)23/h2-8,13-14,21H,9-12H2,1H3,(H,24,25). The van der Waals surface area contributed by atoms with Gasteiger partial charge in [0, 0.05) is 23.7 Å². The van der Waals surface area contributed by atoms with E-state index in [0.717, 1.165) is 5.56 Å². The third-order valence-corrected chi connectivity index (χ3v) is 7.91. The molecule has 1 saturated heterocycles. The Morgan fingerprint density at radius 3 is 2.74 bits per heavy atom. The Hall–Kier alpha value is -2.84. The number of hydrogen-bond donors (Lipinski definition) is 1. The molecule has 0 radical (unpaired) electrons.